The largest absolute Gasteiger partial charge is 0.455 e. The van der Waals surface area contributed by atoms with E-state index in [9.17, 15) is 9.18 Å². The lowest BCUT2D eigenvalue weighted by atomic mass is 10.1. The molecule has 0 saturated heterocycles. The third-order valence-corrected chi connectivity index (χ3v) is 2.87. The quantitative estimate of drug-likeness (QED) is 0.846. The van der Waals surface area contributed by atoms with E-state index < -0.39 is 5.82 Å². The summed E-state index contributed by atoms with van der Waals surface area (Å²) in [5.41, 5.74) is 7.39. The van der Waals surface area contributed by atoms with Crippen molar-refractivity contribution in [3.63, 3.8) is 0 Å². The van der Waals surface area contributed by atoms with Gasteiger partial charge in [0.05, 0.1) is 5.69 Å². The Morgan fingerprint density at radius 3 is 2.65 bits per heavy atom. The van der Waals surface area contributed by atoms with Gasteiger partial charge in [-0.05, 0) is 36.8 Å². The van der Waals surface area contributed by atoms with E-state index in [4.69, 9.17) is 10.5 Å². The first-order chi connectivity index (χ1) is 9.51. The van der Waals surface area contributed by atoms with Crippen molar-refractivity contribution < 1.29 is 13.9 Å². The highest BCUT2D eigenvalue weighted by atomic mass is 19.1. The number of hydrogen-bond donors (Lipinski definition) is 2. The number of nitrogens with one attached hydrogen (secondary N) is 1. The van der Waals surface area contributed by atoms with Crippen molar-refractivity contribution in [3.05, 3.63) is 53.3 Å². The molecule has 0 heterocycles. The Kier molecular flexibility index (Phi) is 3.89. The molecule has 0 aromatic heterocycles. The average Bonchev–Trinajstić information content (AvgIpc) is 2.44. The molecule has 0 saturated carbocycles. The minimum atomic E-state index is -0.397. The van der Waals surface area contributed by atoms with E-state index >= 15 is 0 Å². The van der Waals surface area contributed by atoms with Crippen molar-refractivity contribution in [2.24, 2.45) is 0 Å². The molecule has 4 nitrogen and oxygen atoms in total. The van der Waals surface area contributed by atoms with Crippen LogP contribution in [-0.4, -0.2) is 13.0 Å². The van der Waals surface area contributed by atoms with Gasteiger partial charge < -0.3 is 15.8 Å². The number of anilines is 1. The second-order valence-electron chi connectivity index (χ2n) is 4.34. The van der Waals surface area contributed by atoms with Gasteiger partial charge in [-0.25, -0.2) is 4.39 Å². The van der Waals surface area contributed by atoms with Gasteiger partial charge in [-0.15, -0.1) is 0 Å². The summed E-state index contributed by atoms with van der Waals surface area (Å²) in [5, 5.41) is 2.52. The number of ether oxygens (including phenoxy) is 1. The molecule has 2 aromatic carbocycles. The molecule has 0 spiro atoms. The third kappa shape index (κ3) is 2.88. The predicted octanol–water partition coefficient (Wildman–Crippen LogP) is 2.87. The molecule has 0 unspecified atom stereocenters. The van der Waals surface area contributed by atoms with Crippen molar-refractivity contribution in [1.82, 2.24) is 5.32 Å². The summed E-state index contributed by atoms with van der Waals surface area (Å²) in [6, 6.07) is 8.95. The minimum absolute atomic E-state index is 0.245. The molecule has 0 fully saturated rings. The molecule has 0 atom stereocenters. The first-order valence-electron chi connectivity index (χ1n) is 6.07. The lowest BCUT2D eigenvalue weighted by molar-refractivity contribution is 0.0963. The third-order valence-electron chi connectivity index (χ3n) is 2.87. The molecule has 1 amide bonds. The fourth-order valence-corrected chi connectivity index (χ4v) is 1.71. The molecular formula is C15H15FN2O2. The highest BCUT2D eigenvalue weighted by Gasteiger charge is 2.10. The molecule has 0 radical (unpaired) electrons. The molecule has 0 aliphatic carbocycles. The van der Waals surface area contributed by atoms with Crippen LogP contribution < -0.4 is 15.8 Å². The monoisotopic (exact) mass is 274 g/mol. The number of halogens is 1. The number of hydrogen-bond acceptors (Lipinski definition) is 3. The molecule has 5 heteroatoms. The van der Waals surface area contributed by atoms with Gasteiger partial charge in [-0.2, -0.15) is 0 Å². The maximum absolute atomic E-state index is 13.2. The van der Waals surface area contributed by atoms with E-state index in [0.29, 0.717) is 22.7 Å². The van der Waals surface area contributed by atoms with Gasteiger partial charge in [0.1, 0.15) is 11.6 Å². The number of carbonyl (C=O) groups is 1. The zero-order chi connectivity index (χ0) is 14.7. The molecule has 20 heavy (non-hydrogen) atoms. The van der Waals surface area contributed by atoms with E-state index in [-0.39, 0.29) is 5.91 Å². The fourth-order valence-electron chi connectivity index (χ4n) is 1.71. The summed E-state index contributed by atoms with van der Waals surface area (Å²) in [7, 11) is 1.54. The first-order valence-corrected chi connectivity index (χ1v) is 6.07. The maximum Gasteiger partial charge on any atom is 0.251 e. The SMILES string of the molecule is CNC(=O)c1ccc(N)c(Oc2cc(F)ccc2C)c1. The zero-order valence-corrected chi connectivity index (χ0v) is 11.2. The van der Waals surface area contributed by atoms with E-state index in [1.54, 1.807) is 25.1 Å². The number of benzene rings is 2. The Balaban J connectivity index is 2.37. The van der Waals surface area contributed by atoms with Crippen LogP contribution in [0.15, 0.2) is 36.4 Å². The summed E-state index contributed by atoms with van der Waals surface area (Å²) >= 11 is 0. The normalized spacial score (nSPS) is 10.2. The number of amides is 1. The van der Waals surface area contributed by atoms with Crippen molar-refractivity contribution >= 4 is 11.6 Å². The van der Waals surface area contributed by atoms with Crippen LogP contribution in [-0.2, 0) is 0 Å². The Bertz CT molecular complexity index is 656. The van der Waals surface area contributed by atoms with Gasteiger partial charge in [0.15, 0.2) is 5.75 Å². The maximum atomic E-state index is 13.2. The predicted molar refractivity (Wildman–Crippen MR) is 75.5 cm³/mol. The van der Waals surface area contributed by atoms with Crippen molar-refractivity contribution in [2.75, 3.05) is 12.8 Å². The second-order valence-corrected chi connectivity index (χ2v) is 4.34. The Morgan fingerprint density at radius 1 is 1.20 bits per heavy atom. The number of aryl methyl sites for hydroxylation is 1. The van der Waals surface area contributed by atoms with Crippen LogP contribution >= 0.6 is 0 Å². The van der Waals surface area contributed by atoms with E-state index in [0.717, 1.165) is 5.56 Å². The van der Waals surface area contributed by atoms with Crippen molar-refractivity contribution in [2.45, 2.75) is 6.92 Å². The van der Waals surface area contributed by atoms with Crippen LogP contribution in [0.4, 0.5) is 10.1 Å². The summed E-state index contributed by atoms with van der Waals surface area (Å²) in [5.74, 6) is 0.0444. The van der Waals surface area contributed by atoms with Gasteiger partial charge >= 0.3 is 0 Å². The van der Waals surface area contributed by atoms with Crippen LogP contribution in [0.2, 0.25) is 0 Å². The second kappa shape index (κ2) is 5.61. The van der Waals surface area contributed by atoms with Gasteiger partial charge in [-0.1, -0.05) is 6.07 Å². The molecule has 0 aliphatic rings. The van der Waals surface area contributed by atoms with Crippen LogP contribution in [0, 0.1) is 12.7 Å². The first kappa shape index (κ1) is 13.9. The minimum Gasteiger partial charge on any atom is -0.455 e. The highest BCUT2D eigenvalue weighted by Crippen LogP contribution is 2.30. The van der Waals surface area contributed by atoms with Gasteiger partial charge in [-0.3, -0.25) is 4.79 Å². The molecule has 3 N–H and O–H groups in total. The molecular weight excluding hydrogens is 259 g/mol. The Labute approximate surface area is 116 Å². The molecule has 0 aliphatic heterocycles. The van der Waals surface area contributed by atoms with E-state index in [2.05, 4.69) is 5.32 Å². The lowest BCUT2D eigenvalue weighted by Gasteiger charge is -2.12. The molecule has 0 bridgehead atoms. The van der Waals surface area contributed by atoms with Crippen LogP contribution in [0.5, 0.6) is 11.5 Å². The highest BCUT2D eigenvalue weighted by molar-refractivity contribution is 5.95. The molecule has 104 valence electrons. The fraction of sp³-hybridized carbons (Fsp3) is 0.133. The summed E-state index contributed by atoms with van der Waals surface area (Å²) in [6.45, 7) is 1.80. The summed E-state index contributed by atoms with van der Waals surface area (Å²) in [6.07, 6.45) is 0. The number of rotatable bonds is 3. The number of nitrogen functional groups attached to an aromatic ring is 1. The van der Waals surface area contributed by atoms with Gasteiger partial charge in [0.25, 0.3) is 5.91 Å². The van der Waals surface area contributed by atoms with Crippen LogP contribution in [0.3, 0.4) is 0 Å². The van der Waals surface area contributed by atoms with Gasteiger partial charge in [0, 0.05) is 18.7 Å². The van der Waals surface area contributed by atoms with Crippen LogP contribution in [0.1, 0.15) is 15.9 Å². The topological polar surface area (TPSA) is 64.4 Å². The Morgan fingerprint density at radius 2 is 1.95 bits per heavy atom. The number of nitrogens with two attached hydrogens (primary N) is 1. The summed E-state index contributed by atoms with van der Waals surface area (Å²) in [4.78, 5) is 11.6. The molecule has 2 aromatic rings. The average molecular weight is 274 g/mol. The van der Waals surface area contributed by atoms with Crippen molar-refractivity contribution in [1.29, 1.82) is 0 Å². The smallest absolute Gasteiger partial charge is 0.251 e. The zero-order valence-electron chi connectivity index (χ0n) is 11.2. The van der Waals surface area contributed by atoms with Crippen LogP contribution in [0.25, 0.3) is 0 Å². The van der Waals surface area contributed by atoms with Gasteiger partial charge in [0.2, 0.25) is 0 Å². The summed E-state index contributed by atoms with van der Waals surface area (Å²) < 4.78 is 18.8. The number of carbonyl (C=O) groups excluding carboxylic acids is 1. The lowest BCUT2D eigenvalue weighted by Crippen LogP contribution is -2.17. The van der Waals surface area contributed by atoms with Crippen molar-refractivity contribution in [3.8, 4) is 11.5 Å². The molecule has 2 rings (SSSR count). The Hall–Kier alpha value is -2.56. The van der Waals surface area contributed by atoms with E-state index in [1.165, 1.54) is 25.2 Å². The standard InChI is InChI=1S/C15H15FN2O2/c1-9-3-5-11(16)8-13(9)20-14-7-10(15(19)18-2)4-6-12(14)17/h3-8H,17H2,1-2H3,(H,18,19). The van der Waals surface area contributed by atoms with E-state index in [1.807, 2.05) is 0 Å².